The molecule has 16 heavy (non-hydrogen) atoms. The lowest BCUT2D eigenvalue weighted by Crippen LogP contribution is -2.51. The van der Waals surface area contributed by atoms with E-state index in [1.165, 1.54) is 18.7 Å². The van der Waals surface area contributed by atoms with E-state index in [-0.39, 0.29) is 5.91 Å². The zero-order chi connectivity index (χ0) is 12.9. The molecular formula is C12H23NO3. The number of hydrogen-bond donors (Lipinski definition) is 1. The lowest BCUT2D eigenvalue weighted by molar-refractivity contribution is -0.155. The maximum Gasteiger partial charge on any atom is 0.329 e. The topological polar surface area (TPSA) is 57.6 Å². The molecule has 0 aromatic heterocycles. The Balaban J connectivity index is 4.45. The normalized spacial score (nSPS) is 13.3. The molecule has 1 atom stereocenters. The van der Waals surface area contributed by atoms with Crippen molar-refractivity contribution in [1.29, 1.82) is 0 Å². The number of amides is 1. The number of hydrogen-bond acceptors (Lipinski definition) is 2. The van der Waals surface area contributed by atoms with E-state index in [1.54, 1.807) is 7.05 Å². The third-order valence-electron chi connectivity index (χ3n) is 3.04. The lowest BCUT2D eigenvalue weighted by atomic mass is 9.98. The van der Waals surface area contributed by atoms with E-state index in [0.717, 1.165) is 12.8 Å². The van der Waals surface area contributed by atoms with Gasteiger partial charge in [-0.2, -0.15) is 0 Å². The van der Waals surface area contributed by atoms with Crippen LogP contribution >= 0.6 is 0 Å². The molecule has 4 heteroatoms. The number of carbonyl (C=O) groups excluding carboxylic acids is 1. The van der Waals surface area contributed by atoms with Gasteiger partial charge < -0.3 is 10.0 Å². The van der Waals surface area contributed by atoms with Crippen LogP contribution in [0.1, 0.15) is 47.0 Å². The van der Waals surface area contributed by atoms with Crippen LogP contribution in [0.5, 0.6) is 0 Å². The van der Waals surface area contributed by atoms with E-state index in [9.17, 15) is 9.59 Å². The highest BCUT2D eigenvalue weighted by Crippen LogP contribution is 2.17. The Labute approximate surface area is 97.6 Å². The molecule has 0 aliphatic carbocycles. The summed E-state index contributed by atoms with van der Waals surface area (Å²) in [6.07, 6.45) is 2.45. The van der Waals surface area contributed by atoms with Gasteiger partial charge in [-0.05, 0) is 19.8 Å². The quantitative estimate of drug-likeness (QED) is 0.759. The highest BCUT2D eigenvalue weighted by molar-refractivity contribution is 5.86. The van der Waals surface area contributed by atoms with Gasteiger partial charge in [-0.3, -0.25) is 4.79 Å². The van der Waals surface area contributed by atoms with E-state index in [1.807, 2.05) is 6.92 Å². The van der Waals surface area contributed by atoms with Gasteiger partial charge in [-0.15, -0.1) is 0 Å². The molecule has 0 aliphatic heterocycles. The monoisotopic (exact) mass is 229 g/mol. The third-order valence-corrected chi connectivity index (χ3v) is 3.04. The molecule has 0 aliphatic rings. The van der Waals surface area contributed by atoms with Gasteiger partial charge in [0.2, 0.25) is 5.91 Å². The summed E-state index contributed by atoms with van der Waals surface area (Å²) in [4.78, 5) is 24.1. The number of likely N-dealkylation sites (N-methyl/N-ethyl adjacent to an activating group) is 1. The molecule has 1 N–H and O–H groups in total. The first-order valence-electron chi connectivity index (χ1n) is 5.73. The van der Waals surface area contributed by atoms with Crippen molar-refractivity contribution in [1.82, 2.24) is 4.90 Å². The zero-order valence-corrected chi connectivity index (χ0v) is 10.9. The van der Waals surface area contributed by atoms with Gasteiger partial charge in [0.05, 0.1) is 0 Å². The molecule has 0 aromatic carbocycles. The summed E-state index contributed by atoms with van der Waals surface area (Å²) < 4.78 is 0. The predicted octanol–water partition coefficient (Wildman–Crippen LogP) is 2.13. The predicted molar refractivity (Wildman–Crippen MR) is 63.2 cm³/mol. The second-order valence-electron chi connectivity index (χ2n) is 4.91. The Kier molecular flexibility index (Phi) is 5.48. The number of carbonyl (C=O) groups is 2. The molecule has 0 aromatic rings. The molecule has 0 fully saturated rings. The molecule has 4 nitrogen and oxygen atoms in total. The highest BCUT2D eigenvalue weighted by Gasteiger charge is 2.35. The van der Waals surface area contributed by atoms with Crippen LogP contribution in [-0.2, 0) is 9.59 Å². The average Bonchev–Trinajstić information content (AvgIpc) is 2.16. The highest BCUT2D eigenvalue weighted by atomic mass is 16.4. The van der Waals surface area contributed by atoms with Gasteiger partial charge in [-0.25, -0.2) is 4.79 Å². The molecule has 1 amide bonds. The smallest absolute Gasteiger partial charge is 0.329 e. The van der Waals surface area contributed by atoms with Crippen molar-refractivity contribution in [2.45, 2.75) is 52.5 Å². The van der Waals surface area contributed by atoms with E-state index >= 15 is 0 Å². The maximum atomic E-state index is 11.8. The van der Waals surface area contributed by atoms with Crippen molar-refractivity contribution >= 4 is 11.9 Å². The number of aliphatic carboxylic acids is 1. The summed E-state index contributed by atoms with van der Waals surface area (Å²) >= 11 is 0. The van der Waals surface area contributed by atoms with Gasteiger partial charge in [0.15, 0.2) is 0 Å². The van der Waals surface area contributed by atoms with Crippen molar-refractivity contribution in [3.05, 3.63) is 0 Å². The van der Waals surface area contributed by atoms with E-state index < -0.39 is 11.5 Å². The number of nitrogens with zero attached hydrogens (tertiary/aromatic N) is 1. The first kappa shape index (κ1) is 14.9. The van der Waals surface area contributed by atoms with Gasteiger partial charge >= 0.3 is 5.97 Å². The Morgan fingerprint density at radius 3 is 2.25 bits per heavy atom. The summed E-state index contributed by atoms with van der Waals surface area (Å²) in [7, 11) is 1.55. The molecule has 1 unspecified atom stereocenters. The van der Waals surface area contributed by atoms with Gasteiger partial charge in [-0.1, -0.05) is 26.7 Å². The van der Waals surface area contributed by atoms with Crippen LogP contribution in [0.4, 0.5) is 0 Å². The molecule has 0 saturated heterocycles. The summed E-state index contributed by atoms with van der Waals surface area (Å²) in [6, 6.07) is 0. The number of carboxylic acids is 1. The van der Waals surface area contributed by atoms with E-state index in [4.69, 9.17) is 5.11 Å². The van der Waals surface area contributed by atoms with Crippen LogP contribution in [0, 0.1) is 5.92 Å². The average molecular weight is 229 g/mol. The molecule has 0 radical (unpaired) electrons. The maximum absolute atomic E-state index is 11.8. The van der Waals surface area contributed by atoms with Crippen LogP contribution in [-0.4, -0.2) is 34.5 Å². The molecule has 0 heterocycles. The lowest BCUT2D eigenvalue weighted by Gasteiger charge is -2.32. The van der Waals surface area contributed by atoms with Gasteiger partial charge in [0, 0.05) is 13.5 Å². The van der Waals surface area contributed by atoms with Crippen LogP contribution in [0.15, 0.2) is 0 Å². The fourth-order valence-corrected chi connectivity index (χ4v) is 1.49. The Bertz CT molecular complexity index is 261. The van der Waals surface area contributed by atoms with E-state index in [0.29, 0.717) is 12.3 Å². The summed E-state index contributed by atoms with van der Waals surface area (Å²) in [5.74, 6) is -0.774. The van der Waals surface area contributed by atoms with Crippen LogP contribution < -0.4 is 0 Å². The second kappa shape index (κ2) is 5.87. The molecule has 0 saturated carbocycles. The van der Waals surface area contributed by atoms with Crippen molar-refractivity contribution < 1.29 is 14.7 Å². The van der Waals surface area contributed by atoms with Crippen molar-refractivity contribution in [3.8, 4) is 0 Å². The minimum Gasteiger partial charge on any atom is -0.480 e. The van der Waals surface area contributed by atoms with Crippen LogP contribution in [0.3, 0.4) is 0 Å². The minimum absolute atomic E-state index is 0.103. The zero-order valence-electron chi connectivity index (χ0n) is 10.9. The fourth-order valence-electron chi connectivity index (χ4n) is 1.49. The Morgan fingerprint density at radius 2 is 1.88 bits per heavy atom. The SMILES string of the molecule is CCCC(C)CC(=O)N(C)C(C)(C)C(=O)O. The van der Waals surface area contributed by atoms with Crippen molar-refractivity contribution in [2.24, 2.45) is 5.92 Å². The summed E-state index contributed by atoms with van der Waals surface area (Å²) in [5.41, 5.74) is -1.14. The third kappa shape index (κ3) is 3.83. The molecule has 94 valence electrons. The van der Waals surface area contributed by atoms with Crippen molar-refractivity contribution in [2.75, 3.05) is 7.05 Å². The minimum atomic E-state index is -1.14. The molecule has 0 spiro atoms. The fraction of sp³-hybridized carbons (Fsp3) is 0.833. The second-order valence-corrected chi connectivity index (χ2v) is 4.91. The standard InChI is InChI=1S/C12H23NO3/c1-6-7-9(2)8-10(14)13(5)12(3,4)11(15)16/h9H,6-8H2,1-5H3,(H,15,16). The van der Waals surface area contributed by atoms with Crippen molar-refractivity contribution in [3.63, 3.8) is 0 Å². The molecule has 0 bridgehead atoms. The first-order chi connectivity index (χ1) is 7.23. The molecular weight excluding hydrogens is 206 g/mol. The molecule has 0 rings (SSSR count). The summed E-state index contributed by atoms with van der Waals surface area (Å²) in [6.45, 7) is 7.17. The van der Waals surface area contributed by atoms with E-state index in [2.05, 4.69) is 6.92 Å². The number of carboxylic acid groups (broad SMARTS) is 1. The number of rotatable bonds is 6. The first-order valence-corrected chi connectivity index (χ1v) is 5.73. The Morgan fingerprint density at radius 1 is 1.38 bits per heavy atom. The largest absolute Gasteiger partial charge is 0.480 e. The van der Waals surface area contributed by atoms with Crippen LogP contribution in [0.2, 0.25) is 0 Å². The van der Waals surface area contributed by atoms with Gasteiger partial charge in [0.25, 0.3) is 0 Å². The van der Waals surface area contributed by atoms with Gasteiger partial charge in [0.1, 0.15) is 5.54 Å². The Hall–Kier alpha value is -1.06. The summed E-state index contributed by atoms with van der Waals surface area (Å²) in [5, 5.41) is 9.00. The van der Waals surface area contributed by atoms with Crippen LogP contribution in [0.25, 0.3) is 0 Å².